The number of carbonyl (C=O) groups excluding carboxylic acids is 1. The first-order valence-electron chi connectivity index (χ1n) is 5.12. The van der Waals surface area contributed by atoms with Gasteiger partial charge in [-0.2, -0.15) is 5.10 Å². The maximum absolute atomic E-state index is 11.6. The molecular weight excluding hydrogens is 194 g/mol. The second-order valence-corrected chi connectivity index (χ2v) is 3.38. The molecule has 84 valence electrons. The molecule has 0 amide bonds. The summed E-state index contributed by atoms with van der Waals surface area (Å²) >= 11 is 0. The monoisotopic (exact) mass is 211 g/mol. The van der Waals surface area contributed by atoms with Crippen LogP contribution in [0.15, 0.2) is 6.07 Å². The molecule has 0 bridgehead atoms. The summed E-state index contributed by atoms with van der Waals surface area (Å²) in [6, 6.07) is 1.69. The van der Waals surface area contributed by atoms with E-state index in [9.17, 15) is 4.79 Å². The van der Waals surface area contributed by atoms with Crippen molar-refractivity contribution in [2.45, 2.75) is 33.2 Å². The number of nitrogens with zero attached hydrogens (tertiary/aromatic N) is 2. The van der Waals surface area contributed by atoms with Gasteiger partial charge in [0.2, 0.25) is 0 Å². The topological polar surface area (TPSA) is 70.1 Å². The second kappa shape index (κ2) is 4.82. The second-order valence-electron chi connectivity index (χ2n) is 3.38. The fourth-order valence-corrected chi connectivity index (χ4v) is 1.28. The predicted octanol–water partition coefficient (Wildman–Crippen LogP) is 1.61. The van der Waals surface area contributed by atoms with Crippen LogP contribution in [0, 0.1) is 0 Å². The van der Waals surface area contributed by atoms with Gasteiger partial charge in [-0.3, -0.25) is 4.68 Å². The quantitative estimate of drug-likeness (QED) is 0.768. The van der Waals surface area contributed by atoms with Crippen molar-refractivity contribution < 1.29 is 9.53 Å². The fraction of sp³-hybridized carbons (Fsp3) is 0.600. The van der Waals surface area contributed by atoms with Crippen LogP contribution in [-0.2, 0) is 4.74 Å². The first-order chi connectivity index (χ1) is 7.10. The first-order valence-corrected chi connectivity index (χ1v) is 5.12. The van der Waals surface area contributed by atoms with Gasteiger partial charge in [-0.25, -0.2) is 4.79 Å². The number of nitrogens with two attached hydrogens (primary N) is 1. The van der Waals surface area contributed by atoms with Crippen molar-refractivity contribution in [3.63, 3.8) is 0 Å². The number of rotatable bonds is 4. The Bertz CT molecular complexity index is 346. The van der Waals surface area contributed by atoms with Crippen molar-refractivity contribution in [3.05, 3.63) is 11.8 Å². The molecule has 1 heterocycles. The van der Waals surface area contributed by atoms with E-state index in [1.807, 2.05) is 13.8 Å². The number of esters is 1. The Morgan fingerprint density at radius 2 is 2.33 bits per heavy atom. The van der Waals surface area contributed by atoms with E-state index in [0.717, 1.165) is 6.42 Å². The van der Waals surface area contributed by atoms with Gasteiger partial charge in [0.15, 0.2) is 0 Å². The summed E-state index contributed by atoms with van der Waals surface area (Å²) in [5.41, 5.74) is 5.99. The Labute approximate surface area is 89.2 Å². The molecule has 0 aliphatic carbocycles. The van der Waals surface area contributed by atoms with Crippen LogP contribution in [0.25, 0.3) is 0 Å². The van der Waals surface area contributed by atoms with Crippen LogP contribution >= 0.6 is 0 Å². The highest BCUT2D eigenvalue weighted by Gasteiger charge is 2.18. The van der Waals surface area contributed by atoms with Gasteiger partial charge < -0.3 is 10.5 Å². The van der Waals surface area contributed by atoms with Crippen LogP contribution in [0.1, 0.15) is 43.7 Å². The van der Waals surface area contributed by atoms with E-state index in [-0.39, 0.29) is 12.0 Å². The Kier molecular flexibility index (Phi) is 3.71. The Balaban J connectivity index is 3.00. The van der Waals surface area contributed by atoms with Crippen molar-refractivity contribution in [2.24, 2.45) is 0 Å². The number of anilines is 1. The summed E-state index contributed by atoms with van der Waals surface area (Å²) in [6.45, 7) is 6.13. The van der Waals surface area contributed by atoms with Gasteiger partial charge in [-0.15, -0.1) is 0 Å². The molecule has 2 N–H and O–H groups in total. The minimum Gasteiger partial charge on any atom is -0.461 e. The molecule has 0 saturated heterocycles. The molecule has 1 aromatic heterocycles. The lowest BCUT2D eigenvalue weighted by atomic mass is 10.2. The summed E-state index contributed by atoms with van der Waals surface area (Å²) in [4.78, 5) is 11.6. The smallest absolute Gasteiger partial charge is 0.356 e. The van der Waals surface area contributed by atoms with Gasteiger partial charge in [0, 0.05) is 12.1 Å². The highest BCUT2D eigenvalue weighted by molar-refractivity contribution is 5.88. The highest BCUT2D eigenvalue weighted by Crippen LogP contribution is 2.16. The lowest BCUT2D eigenvalue weighted by Gasteiger charge is -2.12. The number of hydrogen-bond donors (Lipinski definition) is 1. The molecule has 1 atom stereocenters. The summed E-state index contributed by atoms with van der Waals surface area (Å²) in [5, 5.41) is 4.08. The summed E-state index contributed by atoms with van der Waals surface area (Å²) < 4.78 is 6.54. The number of hydrogen-bond acceptors (Lipinski definition) is 4. The van der Waals surface area contributed by atoms with E-state index in [1.54, 1.807) is 17.7 Å². The zero-order valence-corrected chi connectivity index (χ0v) is 9.36. The van der Waals surface area contributed by atoms with Gasteiger partial charge in [0.25, 0.3) is 0 Å². The number of carbonyl (C=O) groups is 1. The van der Waals surface area contributed by atoms with E-state index in [1.165, 1.54) is 0 Å². The van der Waals surface area contributed by atoms with Crippen molar-refractivity contribution in [1.82, 2.24) is 9.78 Å². The highest BCUT2D eigenvalue weighted by atomic mass is 16.5. The van der Waals surface area contributed by atoms with Gasteiger partial charge in [-0.05, 0) is 20.3 Å². The molecule has 5 nitrogen and oxygen atoms in total. The van der Waals surface area contributed by atoms with Gasteiger partial charge in [0.05, 0.1) is 6.61 Å². The van der Waals surface area contributed by atoms with Gasteiger partial charge >= 0.3 is 5.97 Å². The standard InChI is InChI=1S/C10H17N3O2/c1-4-7(3)13-8(6-9(11)12-13)10(14)15-5-2/h6-7H,4-5H2,1-3H3,(H2,11,12)/t7-/m0/s1. The van der Waals surface area contributed by atoms with Crippen molar-refractivity contribution in [3.8, 4) is 0 Å². The zero-order chi connectivity index (χ0) is 11.4. The fourth-order valence-electron chi connectivity index (χ4n) is 1.28. The third kappa shape index (κ3) is 2.49. The van der Waals surface area contributed by atoms with Gasteiger partial charge in [-0.1, -0.05) is 6.92 Å². The molecule has 0 aliphatic heterocycles. The molecule has 0 unspecified atom stereocenters. The van der Waals surface area contributed by atoms with Crippen molar-refractivity contribution in [2.75, 3.05) is 12.3 Å². The average Bonchev–Trinajstić information content (AvgIpc) is 2.59. The molecule has 0 aromatic carbocycles. The van der Waals surface area contributed by atoms with E-state index in [0.29, 0.717) is 18.1 Å². The molecule has 0 fully saturated rings. The summed E-state index contributed by atoms with van der Waals surface area (Å²) in [6.07, 6.45) is 0.882. The maximum atomic E-state index is 11.6. The van der Waals surface area contributed by atoms with Crippen LogP contribution in [-0.4, -0.2) is 22.4 Å². The normalized spacial score (nSPS) is 12.5. The van der Waals surface area contributed by atoms with E-state index < -0.39 is 0 Å². The van der Waals surface area contributed by atoms with Crippen LogP contribution < -0.4 is 5.73 Å². The minimum absolute atomic E-state index is 0.140. The van der Waals surface area contributed by atoms with E-state index in [4.69, 9.17) is 10.5 Å². The Hall–Kier alpha value is -1.52. The zero-order valence-electron chi connectivity index (χ0n) is 9.36. The van der Waals surface area contributed by atoms with Crippen LogP contribution in [0.5, 0.6) is 0 Å². The summed E-state index contributed by atoms with van der Waals surface area (Å²) in [5.74, 6) is -0.0275. The van der Waals surface area contributed by atoms with Crippen LogP contribution in [0.2, 0.25) is 0 Å². The molecular formula is C10H17N3O2. The van der Waals surface area contributed by atoms with Crippen LogP contribution in [0.4, 0.5) is 5.82 Å². The third-order valence-corrected chi connectivity index (χ3v) is 2.25. The molecule has 0 radical (unpaired) electrons. The number of ether oxygens (including phenoxy) is 1. The molecule has 5 heteroatoms. The summed E-state index contributed by atoms with van der Waals surface area (Å²) in [7, 11) is 0. The molecule has 0 spiro atoms. The minimum atomic E-state index is -0.373. The maximum Gasteiger partial charge on any atom is 0.356 e. The number of aromatic nitrogens is 2. The van der Waals surface area contributed by atoms with Crippen molar-refractivity contribution >= 4 is 11.8 Å². The Morgan fingerprint density at radius 3 is 2.87 bits per heavy atom. The van der Waals surface area contributed by atoms with Crippen LogP contribution in [0.3, 0.4) is 0 Å². The van der Waals surface area contributed by atoms with Crippen molar-refractivity contribution in [1.29, 1.82) is 0 Å². The lowest BCUT2D eigenvalue weighted by Crippen LogP contribution is -2.16. The number of nitrogen functional groups attached to an aromatic ring is 1. The molecule has 1 rings (SSSR count). The molecule has 0 aliphatic rings. The Morgan fingerprint density at radius 1 is 1.67 bits per heavy atom. The van der Waals surface area contributed by atoms with E-state index in [2.05, 4.69) is 5.10 Å². The lowest BCUT2D eigenvalue weighted by molar-refractivity contribution is 0.0509. The molecule has 1 aromatic rings. The average molecular weight is 211 g/mol. The largest absolute Gasteiger partial charge is 0.461 e. The predicted molar refractivity (Wildman–Crippen MR) is 57.6 cm³/mol. The third-order valence-electron chi connectivity index (χ3n) is 2.25. The molecule has 15 heavy (non-hydrogen) atoms. The first kappa shape index (κ1) is 11.6. The van der Waals surface area contributed by atoms with Gasteiger partial charge in [0.1, 0.15) is 11.5 Å². The SMILES string of the molecule is CCOC(=O)c1cc(N)nn1[C@@H](C)CC. The van der Waals surface area contributed by atoms with E-state index >= 15 is 0 Å². The molecule has 0 saturated carbocycles.